The lowest BCUT2D eigenvalue weighted by atomic mass is 10.1. The van der Waals surface area contributed by atoms with Crippen molar-refractivity contribution >= 4 is 24.2 Å². The van der Waals surface area contributed by atoms with Gasteiger partial charge in [-0.15, -0.1) is 12.4 Å². The highest BCUT2D eigenvalue weighted by atomic mass is 35.5. The van der Waals surface area contributed by atoms with Gasteiger partial charge in [0.2, 0.25) is 11.8 Å². The Bertz CT molecular complexity index is 513. The van der Waals surface area contributed by atoms with Crippen LogP contribution in [-0.2, 0) is 9.59 Å². The highest BCUT2D eigenvalue weighted by molar-refractivity contribution is 5.87. The molecule has 0 saturated carbocycles. The Morgan fingerprint density at radius 2 is 2.05 bits per heavy atom. The van der Waals surface area contributed by atoms with Crippen molar-refractivity contribution in [3.63, 3.8) is 0 Å². The summed E-state index contributed by atoms with van der Waals surface area (Å²) < 4.78 is 18.4. The van der Waals surface area contributed by atoms with Gasteiger partial charge in [0.1, 0.15) is 0 Å². The lowest BCUT2D eigenvalue weighted by molar-refractivity contribution is -0.126. The molecule has 6 nitrogen and oxygen atoms in total. The van der Waals surface area contributed by atoms with E-state index in [1.54, 1.807) is 13.0 Å². The molecule has 0 aliphatic heterocycles. The number of carbonyl (C=O) groups is 2. The van der Waals surface area contributed by atoms with Crippen molar-refractivity contribution in [1.29, 1.82) is 0 Å². The van der Waals surface area contributed by atoms with E-state index >= 15 is 0 Å². The summed E-state index contributed by atoms with van der Waals surface area (Å²) in [6.45, 7) is 1.68. The van der Waals surface area contributed by atoms with Crippen LogP contribution in [0.3, 0.4) is 0 Å². The number of halogens is 2. The summed E-state index contributed by atoms with van der Waals surface area (Å²) in [5.41, 5.74) is 11.0. The summed E-state index contributed by atoms with van der Waals surface area (Å²) in [4.78, 5) is 22.4. The van der Waals surface area contributed by atoms with Crippen LogP contribution in [0.25, 0.3) is 0 Å². The third kappa shape index (κ3) is 5.57. The largest absolute Gasteiger partial charge is 0.494 e. The second-order valence-corrected chi connectivity index (χ2v) is 4.40. The zero-order chi connectivity index (χ0) is 15.3. The summed E-state index contributed by atoms with van der Waals surface area (Å²) in [5, 5.41) is 2.59. The molecule has 0 aromatic heterocycles. The van der Waals surface area contributed by atoms with Gasteiger partial charge in [0.15, 0.2) is 11.6 Å². The van der Waals surface area contributed by atoms with Crippen molar-refractivity contribution in [2.75, 3.05) is 7.11 Å². The standard InChI is InChI=1S/C13H18FN3O3.ClH/c1-7(17-13(19)10(15)6-12(16)18)8-3-4-11(20-2)9(14)5-8;/h3-5,7,10H,6,15H2,1-2H3,(H2,16,18)(H,17,19);1H. The van der Waals surface area contributed by atoms with Crippen LogP contribution in [0.15, 0.2) is 18.2 Å². The van der Waals surface area contributed by atoms with Gasteiger partial charge in [-0.3, -0.25) is 9.59 Å². The number of methoxy groups -OCH3 is 1. The van der Waals surface area contributed by atoms with Gasteiger partial charge in [-0.2, -0.15) is 0 Å². The predicted molar refractivity (Wildman–Crippen MR) is 78.5 cm³/mol. The van der Waals surface area contributed by atoms with Crippen LogP contribution in [-0.4, -0.2) is 25.0 Å². The zero-order valence-electron chi connectivity index (χ0n) is 11.8. The molecule has 0 spiro atoms. The van der Waals surface area contributed by atoms with E-state index < -0.39 is 29.7 Å². The average molecular weight is 320 g/mol. The fraction of sp³-hybridized carbons (Fsp3) is 0.385. The number of nitrogens with one attached hydrogen (secondary N) is 1. The van der Waals surface area contributed by atoms with Crippen LogP contribution in [0, 0.1) is 5.82 Å². The lowest BCUT2D eigenvalue weighted by Crippen LogP contribution is -2.43. The van der Waals surface area contributed by atoms with E-state index in [1.807, 2.05) is 0 Å². The van der Waals surface area contributed by atoms with Crippen LogP contribution in [0.4, 0.5) is 4.39 Å². The van der Waals surface area contributed by atoms with Crippen molar-refractivity contribution in [3.8, 4) is 5.75 Å². The minimum Gasteiger partial charge on any atom is -0.494 e. The van der Waals surface area contributed by atoms with Crippen LogP contribution in [0.2, 0.25) is 0 Å². The van der Waals surface area contributed by atoms with Gasteiger partial charge >= 0.3 is 0 Å². The number of nitrogens with two attached hydrogens (primary N) is 2. The van der Waals surface area contributed by atoms with Crippen LogP contribution in [0.1, 0.15) is 24.9 Å². The van der Waals surface area contributed by atoms with Gasteiger partial charge in [0.25, 0.3) is 0 Å². The number of rotatable bonds is 6. The third-order valence-electron chi connectivity index (χ3n) is 2.79. The van der Waals surface area contributed by atoms with Gasteiger partial charge < -0.3 is 21.5 Å². The molecule has 1 aromatic rings. The molecule has 0 aliphatic carbocycles. The molecule has 1 aromatic carbocycles. The van der Waals surface area contributed by atoms with Crippen molar-refractivity contribution in [3.05, 3.63) is 29.6 Å². The van der Waals surface area contributed by atoms with Crippen molar-refractivity contribution < 1.29 is 18.7 Å². The first-order valence-electron chi connectivity index (χ1n) is 6.02. The van der Waals surface area contributed by atoms with E-state index in [9.17, 15) is 14.0 Å². The predicted octanol–water partition coefficient (Wildman–Crippen LogP) is 0.636. The lowest BCUT2D eigenvalue weighted by Gasteiger charge is -2.17. The number of carbonyl (C=O) groups excluding carboxylic acids is 2. The Hall–Kier alpha value is -1.86. The van der Waals surface area contributed by atoms with Gasteiger partial charge in [-0.1, -0.05) is 6.07 Å². The molecule has 2 atom stereocenters. The summed E-state index contributed by atoms with van der Waals surface area (Å²) in [6.07, 6.45) is -0.241. The highest BCUT2D eigenvalue weighted by Gasteiger charge is 2.19. The van der Waals surface area contributed by atoms with Gasteiger partial charge in [-0.25, -0.2) is 4.39 Å². The molecule has 0 radical (unpaired) electrons. The molecule has 5 N–H and O–H groups in total. The fourth-order valence-corrected chi connectivity index (χ4v) is 1.67. The maximum absolute atomic E-state index is 13.6. The van der Waals surface area contributed by atoms with E-state index in [-0.39, 0.29) is 24.6 Å². The first-order chi connectivity index (χ1) is 9.35. The highest BCUT2D eigenvalue weighted by Crippen LogP contribution is 2.21. The van der Waals surface area contributed by atoms with E-state index in [2.05, 4.69) is 5.32 Å². The Morgan fingerprint density at radius 3 is 2.52 bits per heavy atom. The summed E-state index contributed by atoms with van der Waals surface area (Å²) in [5.74, 6) is -1.58. The van der Waals surface area contributed by atoms with Gasteiger partial charge in [0, 0.05) is 0 Å². The molecule has 0 aliphatic rings. The minimum atomic E-state index is -1.02. The van der Waals surface area contributed by atoms with E-state index in [0.29, 0.717) is 5.56 Å². The topological polar surface area (TPSA) is 107 Å². The maximum Gasteiger partial charge on any atom is 0.237 e. The van der Waals surface area contributed by atoms with Crippen LogP contribution >= 0.6 is 12.4 Å². The molecule has 0 heterocycles. The average Bonchev–Trinajstić information content (AvgIpc) is 2.37. The summed E-state index contributed by atoms with van der Waals surface area (Å²) >= 11 is 0. The summed E-state index contributed by atoms with van der Waals surface area (Å²) in [6, 6.07) is 2.90. The Labute approximate surface area is 128 Å². The second kappa shape index (κ2) is 8.43. The molecule has 0 saturated heterocycles. The number of hydrogen-bond acceptors (Lipinski definition) is 4. The van der Waals surface area contributed by atoms with E-state index in [0.717, 1.165) is 0 Å². The molecule has 2 amide bonds. The molecular weight excluding hydrogens is 301 g/mol. The zero-order valence-corrected chi connectivity index (χ0v) is 12.6. The Balaban J connectivity index is 0.00000400. The first kappa shape index (κ1) is 19.1. The molecule has 0 fully saturated rings. The Kier molecular flexibility index (Phi) is 7.69. The quantitative estimate of drug-likeness (QED) is 0.715. The van der Waals surface area contributed by atoms with Crippen molar-refractivity contribution in [2.24, 2.45) is 11.5 Å². The Morgan fingerprint density at radius 1 is 1.43 bits per heavy atom. The maximum atomic E-state index is 13.6. The monoisotopic (exact) mass is 319 g/mol. The third-order valence-corrected chi connectivity index (χ3v) is 2.79. The van der Waals surface area contributed by atoms with Crippen molar-refractivity contribution in [2.45, 2.75) is 25.4 Å². The van der Waals surface area contributed by atoms with Crippen LogP contribution < -0.4 is 21.5 Å². The number of hydrogen-bond donors (Lipinski definition) is 3. The fourth-order valence-electron chi connectivity index (χ4n) is 1.67. The summed E-state index contributed by atoms with van der Waals surface area (Å²) in [7, 11) is 1.37. The normalized spacial score (nSPS) is 12.8. The number of amides is 2. The number of benzene rings is 1. The van der Waals surface area contributed by atoms with Crippen LogP contribution in [0.5, 0.6) is 5.75 Å². The van der Waals surface area contributed by atoms with E-state index in [4.69, 9.17) is 16.2 Å². The molecule has 21 heavy (non-hydrogen) atoms. The van der Waals surface area contributed by atoms with Gasteiger partial charge in [-0.05, 0) is 24.6 Å². The molecular formula is C13H19ClFN3O3. The molecule has 2 unspecified atom stereocenters. The molecule has 118 valence electrons. The molecule has 8 heteroatoms. The SMILES string of the molecule is COc1ccc(C(C)NC(=O)C(N)CC(N)=O)cc1F.Cl. The van der Waals surface area contributed by atoms with Gasteiger partial charge in [0.05, 0.1) is 25.6 Å². The number of ether oxygens (including phenoxy) is 1. The minimum absolute atomic E-state index is 0. The molecule has 1 rings (SSSR count). The van der Waals surface area contributed by atoms with Crippen molar-refractivity contribution in [1.82, 2.24) is 5.32 Å². The smallest absolute Gasteiger partial charge is 0.237 e. The second-order valence-electron chi connectivity index (χ2n) is 4.40. The number of primary amides is 1. The van der Waals surface area contributed by atoms with E-state index in [1.165, 1.54) is 19.2 Å². The molecule has 0 bridgehead atoms. The first-order valence-corrected chi connectivity index (χ1v) is 6.02.